The van der Waals surface area contributed by atoms with E-state index in [1.165, 1.54) is 17.5 Å². The summed E-state index contributed by atoms with van der Waals surface area (Å²) >= 11 is 0. The average molecular weight is 201 g/mol. The lowest BCUT2D eigenvalue weighted by molar-refractivity contribution is -0.120. The molecule has 2 aliphatic carbocycles. The Morgan fingerprint density at radius 1 is 1.47 bits per heavy atom. The van der Waals surface area contributed by atoms with Crippen LogP contribution in [0.2, 0.25) is 0 Å². The van der Waals surface area contributed by atoms with E-state index in [4.69, 9.17) is 0 Å². The second kappa shape index (κ2) is 2.84. The molecule has 0 saturated heterocycles. The Morgan fingerprint density at radius 2 is 2.27 bits per heavy atom. The quantitative estimate of drug-likeness (QED) is 0.742. The lowest BCUT2D eigenvalue weighted by Gasteiger charge is -2.29. The summed E-state index contributed by atoms with van der Waals surface area (Å²) in [6.07, 6.45) is 3.43. The van der Waals surface area contributed by atoms with Gasteiger partial charge in [-0.15, -0.1) is 0 Å². The van der Waals surface area contributed by atoms with E-state index >= 15 is 0 Å². The van der Waals surface area contributed by atoms with Crippen molar-refractivity contribution >= 4 is 5.91 Å². The molecule has 0 heterocycles. The second-order valence-electron chi connectivity index (χ2n) is 4.79. The Kier molecular flexibility index (Phi) is 1.70. The molecule has 1 N–H and O–H groups in total. The maximum Gasteiger partial charge on any atom is 0.217 e. The van der Waals surface area contributed by atoms with E-state index in [-0.39, 0.29) is 11.4 Å². The predicted molar refractivity (Wildman–Crippen MR) is 58.5 cm³/mol. The minimum atomic E-state index is -0.0346. The molecular formula is C13H15NO. The normalized spacial score (nSPS) is 31.4. The molecule has 1 fully saturated rings. The number of hydrogen-bond acceptors (Lipinski definition) is 1. The maximum absolute atomic E-state index is 11.3. The van der Waals surface area contributed by atoms with Gasteiger partial charge in [-0.25, -0.2) is 0 Å². The van der Waals surface area contributed by atoms with Crippen LogP contribution < -0.4 is 5.32 Å². The van der Waals surface area contributed by atoms with Crippen LogP contribution in [0.1, 0.15) is 43.2 Å². The number of hydrogen-bond donors (Lipinski definition) is 1. The van der Waals surface area contributed by atoms with Crippen LogP contribution in [0, 0.1) is 0 Å². The number of carbonyl (C=O) groups is 1. The minimum absolute atomic E-state index is 0.0346. The van der Waals surface area contributed by atoms with Crippen molar-refractivity contribution < 1.29 is 4.79 Å². The van der Waals surface area contributed by atoms with Crippen molar-refractivity contribution in [2.75, 3.05) is 0 Å². The van der Waals surface area contributed by atoms with Gasteiger partial charge in [-0.05, 0) is 36.3 Å². The molecule has 1 aromatic rings. The molecule has 1 aromatic carbocycles. The van der Waals surface area contributed by atoms with Gasteiger partial charge in [-0.3, -0.25) is 4.79 Å². The maximum atomic E-state index is 11.3. The fourth-order valence-corrected chi connectivity index (χ4v) is 3.36. The molecule has 78 valence electrons. The number of carbonyl (C=O) groups excluding carboxylic acids is 1. The van der Waals surface area contributed by atoms with Crippen LogP contribution in [0.3, 0.4) is 0 Å². The third-order valence-electron chi connectivity index (χ3n) is 3.85. The summed E-state index contributed by atoms with van der Waals surface area (Å²) in [5, 5.41) is 3.16. The molecule has 1 amide bonds. The van der Waals surface area contributed by atoms with Gasteiger partial charge in [0.05, 0.1) is 5.54 Å². The van der Waals surface area contributed by atoms with Gasteiger partial charge < -0.3 is 5.32 Å². The van der Waals surface area contributed by atoms with Crippen molar-refractivity contribution in [1.29, 1.82) is 0 Å². The molecule has 0 aromatic heterocycles. The fourth-order valence-electron chi connectivity index (χ4n) is 3.36. The van der Waals surface area contributed by atoms with Crippen LogP contribution in [0.4, 0.5) is 0 Å². The zero-order valence-corrected chi connectivity index (χ0v) is 8.92. The average Bonchev–Trinajstić information content (AvgIpc) is 2.73. The number of amides is 1. The number of fused-ring (bicyclic) bond motifs is 5. The third-order valence-corrected chi connectivity index (χ3v) is 3.85. The van der Waals surface area contributed by atoms with Crippen LogP contribution >= 0.6 is 0 Å². The van der Waals surface area contributed by atoms with Gasteiger partial charge >= 0.3 is 0 Å². The summed E-state index contributed by atoms with van der Waals surface area (Å²) in [5.41, 5.74) is 2.78. The SMILES string of the molecule is CC(=O)NC12CCC(C1)c1ccccc12. The van der Waals surface area contributed by atoms with Crippen molar-refractivity contribution in [3.8, 4) is 0 Å². The van der Waals surface area contributed by atoms with Crippen LogP contribution in [0.15, 0.2) is 24.3 Å². The molecule has 2 unspecified atom stereocenters. The number of benzene rings is 1. The monoisotopic (exact) mass is 201 g/mol. The van der Waals surface area contributed by atoms with Gasteiger partial charge in [-0.1, -0.05) is 24.3 Å². The molecule has 2 heteroatoms. The summed E-state index contributed by atoms with van der Waals surface area (Å²) < 4.78 is 0. The van der Waals surface area contributed by atoms with Gasteiger partial charge in [0.25, 0.3) is 0 Å². The van der Waals surface area contributed by atoms with E-state index in [2.05, 4.69) is 29.6 Å². The zero-order valence-electron chi connectivity index (χ0n) is 8.92. The van der Waals surface area contributed by atoms with Crippen molar-refractivity contribution in [3.63, 3.8) is 0 Å². The highest BCUT2D eigenvalue weighted by atomic mass is 16.1. The van der Waals surface area contributed by atoms with E-state index < -0.39 is 0 Å². The number of rotatable bonds is 1. The standard InChI is InChI=1S/C13H15NO/c1-9(15)14-13-7-6-10(8-13)11-4-2-3-5-12(11)13/h2-5,10H,6-8H2,1H3,(H,14,15). The van der Waals surface area contributed by atoms with Gasteiger partial charge in [0.2, 0.25) is 5.91 Å². The Balaban J connectivity index is 2.09. The lowest BCUT2D eigenvalue weighted by atomic mass is 9.86. The van der Waals surface area contributed by atoms with E-state index in [9.17, 15) is 4.79 Å². The van der Waals surface area contributed by atoms with Crippen molar-refractivity contribution in [2.45, 2.75) is 37.6 Å². The molecule has 2 bridgehead atoms. The summed E-state index contributed by atoms with van der Waals surface area (Å²) in [6, 6.07) is 8.55. The molecule has 0 radical (unpaired) electrons. The Labute approximate surface area is 89.7 Å². The highest BCUT2D eigenvalue weighted by Crippen LogP contribution is 2.55. The summed E-state index contributed by atoms with van der Waals surface area (Å²) in [5.74, 6) is 0.764. The van der Waals surface area contributed by atoms with Gasteiger partial charge in [0.15, 0.2) is 0 Å². The predicted octanol–water partition coefficient (Wildman–Crippen LogP) is 2.30. The summed E-state index contributed by atoms with van der Waals surface area (Å²) in [4.78, 5) is 11.3. The third kappa shape index (κ3) is 1.14. The first kappa shape index (κ1) is 8.96. The van der Waals surface area contributed by atoms with Crippen LogP contribution in [-0.2, 0) is 10.3 Å². The van der Waals surface area contributed by atoms with E-state index in [0.29, 0.717) is 5.92 Å². The largest absolute Gasteiger partial charge is 0.347 e. The first-order valence-electron chi connectivity index (χ1n) is 5.59. The first-order chi connectivity index (χ1) is 7.21. The smallest absolute Gasteiger partial charge is 0.217 e. The van der Waals surface area contributed by atoms with Crippen molar-refractivity contribution in [3.05, 3.63) is 35.4 Å². The first-order valence-corrected chi connectivity index (χ1v) is 5.59. The molecule has 0 spiro atoms. The van der Waals surface area contributed by atoms with Gasteiger partial charge in [-0.2, -0.15) is 0 Å². The Hall–Kier alpha value is -1.31. The molecule has 3 rings (SSSR count). The topological polar surface area (TPSA) is 29.1 Å². The van der Waals surface area contributed by atoms with Crippen molar-refractivity contribution in [1.82, 2.24) is 5.32 Å². The molecule has 0 aliphatic heterocycles. The highest BCUT2D eigenvalue weighted by molar-refractivity contribution is 5.75. The fraction of sp³-hybridized carbons (Fsp3) is 0.462. The molecule has 2 atom stereocenters. The Bertz CT molecular complexity index is 426. The van der Waals surface area contributed by atoms with E-state index in [0.717, 1.165) is 12.8 Å². The van der Waals surface area contributed by atoms with Crippen LogP contribution in [0.25, 0.3) is 0 Å². The highest BCUT2D eigenvalue weighted by Gasteiger charge is 2.49. The van der Waals surface area contributed by atoms with Crippen molar-refractivity contribution in [2.24, 2.45) is 0 Å². The molecule has 15 heavy (non-hydrogen) atoms. The van der Waals surface area contributed by atoms with Gasteiger partial charge in [0.1, 0.15) is 0 Å². The molecule has 2 aliphatic rings. The number of nitrogens with one attached hydrogen (secondary N) is 1. The molecule has 2 nitrogen and oxygen atoms in total. The lowest BCUT2D eigenvalue weighted by Crippen LogP contribution is -2.41. The minimum Gasteiger partial charge on any atom is -0.347 e. The van der Waals surface area contributed by atoms with Crippen LogP contribution in [-0.4, -0.2) is 5.91 Å². The van der Waals surface area contributed by atoms with Crippen LogP contribution in [0.5, 0.6) is 0 Å². The Morgan fingerprint density at radius 3 is 3.07 bits per heavy atom. The summed E-state index contributed by atoms with van der Waals surface area (Å²) in [7, 11) is 0. The van der Waals surface area contributed by atoms with E-state index in [1.807, 2.05) is 0 Å². The van der Waals surface area contributed by atoms with E-state index in [1.54, 1.807) is 6.92 Å². The second-order valence-corrected chi connectivity index (χ2v) is 4.79. The molecule has 1 saturated carbocycles. The van der Waals surface area contributed by atoms with Gasteiger partial charge in [0, 0.05) is 6.92 Å². The molecular weight excluding hydrogens is 186 g/mol. The zero-order chi connectivity index (χ0) is 10.5. The summed E-state index contributed by atoms with van der Waals surface area (Å²) in [6.45, 7) is 1.61.